The summed E-state index contributed by atoms with van der Waals surface area (Å²) in [6.45, 7) is -1.30. The fourth-order valence-electron chi connectivity index (χ4n) is 1.43. The van der Waals surface area contributed by atoms with Crippen LogP contribution in [0.1, 0.15) is 0 Å². The van der Waals surface area contributed by atoms with Crippen LogP contribution in [0.2, 0.25) is 0 Å². The van der Waals surface area contributed by atoms with E-state index in [1.165, 1.54) is 0 Å². The molecular formula is C12H24N6O6. The summed E-state index contributed by atoms with van der Waals surface area (Å²) < 4.78 is 0. The van der Waals surface area contributed by atoms with Crippen molar-refractivity contribution < 1.29 is 30.6 Å². The van der Waals surface area contributed by atoms with Crippen molar-refractivity contribution in [1.82, 2.24) is 15.0 Å². The number of rotatable bonds is 12. The normalized spacial score (nSPS) is 14.8. The molecule has 0 amide bonds. The van der Waals surface area contributed by atoms with Crippen molar-refractivity contribution in [1.29, 1.82) is 0 Å². The maximum absolute atomic E-state index is 9.34. The predicted octanol–water partition coefficient (Wildman–Crippen LogP) is -3.83. The van der Waals surface area contributed by atoms with E-state index in [-0.39, 0.29) is 37.5 Å². The Kier molecular flexibility index (Phi) is 9.14. The Morgan fingerprint density at radius 3 is 1.04 bits per heavy atom. The van der Waals surface area contributed by atoms with Crippen LogP contribution < -0.4 is 16.0 Å². The summed E-state index contributed by atoms with van der Waals surface area (Å²) in [5, 5.41) is 62.5. The van der Waals surface area contributed by atoms with Crippen molar-refractivity contribution in [3.8, 4) is 0 Å². The van der Waals surface area contributed by atoms with Crippen LogP contribution in [-0.2, 0) is 0 Å². The Bertz CT molecular complexity index is 402. The van der Waals surface area contributed by atoms with E-state index in [1.807, 2.05) is 0 Å². The van der Waals surface area contributed by atoms with Crippen LogP contribution in [0.3, 0.4) is 0 Å². The first-order valence-corrected chi connectivity index (χ1v) is 7.33. The molecule has 0 radical (unpaired) electrons. The number of aromatic nitrogens is 3. The van der Waals surface area contributed by atoms with Crippen molar-refractivity contribution in [2.24, 2.45) is 0 Å². The van der Waals surface area contributed by atoms with Crippen LogP contribution in [0.4, 0.5) is 17.8 Å². The molecule has 1 rings (SSSR count). The second-order valence-corrected chi connectivity index (χ2v) is 4.96. The van der Waals surface area contributed by atoms with Crippen molar-refractivity contribution in [2.45, 2.75) is 18.3 Å². The number of anilines is 3. The van der Waals surface area contributed by atoms with E-state index < -0.39 is 38.1 Å². The number of hydrogen-bond acceptors (Lipinski definition) is 12. The van der Waals surface area contributed by atoms with E-state index in [2.05, 4.69) is 30.9 Å². The molecule has 0 fully saturated rings. The number of hydrogen-bond donors (Lipinski definition) is 9. The molecule has 0 aliphatic rings. The molecule has 12 nitrogen and oxygen atoms in total. The minimum atomic E-state index is -0.998. The molecule has 0 aliphatic heterocycles. The maximum Gasteiger partial charge on any atom is 0.229 e. The van der Waals surface area contributed by atoms with E-state index in [9.17, 15) is 15.3 Å². The predicted molar refractivity (Wildman–Crippen MR) is 84.6 cm³/mol. The first kappa shape index (κ1) is 20.2. The van der Waals surface area contributed by atoms with E-state index in [4.69, 9.17) is 15.3 Å². The van der Waals surface area contributed by atoms with Gasteiger partial charge in [-0.15, -0.1) is 0 Å². The molecule has 3 unspecified atom stereocenters. The second-order valence-electron chi connectivity index (χ2n) is 4.96. The van der Waals surface area contributed by atoms with Gasteiger partial charge in [0.25, 0.3) is 0 Å². The van der Waals surface area contributed by atoms with Gasteiger partial charge in [0.1, 0.15) is 0 Å². The third kappa shape index (κ3) is 7.63. The van der Waals surface area contributed by atoms with Gasteiger partial charge in [-0.2, -0.15) is 15.0 Å². The van der Waals surface area contributed by atoms with Crippen LogP contribution in [0.15, 0.2) is 0 Å². The van der Waals surface area contributed by atoms with Crippen molar-refractivity contribution in [3.63, 3.8) is 0 Å². The van der Waals surface area contributed by atoms with Crippen molar-refractivity contribution >= 4 is 17.8 Å². The third-order valence-corrected chi connectivity index (χ3v) is 2.76. The van der Waals surface area contributed by atoms with Gasteiger partial charge in [-0.3, -0.25) is 0 Å². The zero-order chi connectivity index (χ0) is 17.9. The lowest BCUT2D eigenvalue weighted by Crippen LogP contribution is -2.27. The smallest absolute Gasteiger partial charge is 0.229 e. The Morgan fingerprint density at radius 1 is 0.583 bits per heavy atom. The Hall–Kier alpha value is -1.83. The summed E-state index contributed by atoms with van der Waals surface area (Å²) in [5.41, 5.74) is 0. The molecule has 1 aromatic heterocycles. The number of aliphatic hydroxyl groups is 6. The van der Waals surface area contributed by atoms with Gasteiger partial charge >= 0.3 is 0 Å². The molecule has 12 heteroatoms. The Morgan fingerprint density at radius 2 is 0.833 bits per heavy atom. The summed E-state index contributed by atoms with van der Waals surface area (Å²) in [5.74, 6) is 0.249. The Balaban J connectivity index is 2.79. The minimum Gasteiger partial charge on any atom is -0.394 e. The van der Waals surface area contributed by atoms with Gasteiger partial charge in [-0.1, -0.05) is 0 Å². The molecular weight excluding hydrogens is 324 g/mol. The average molecular weight is 348 g/mol. The Labute approximate surface area is 138 Å². The summed E-state index contributed by atoms with van der Waals surface area (Å²) in [6, 6.07) is 0. The average Bonchev–Trinajstić information content (AvgIpc) is 2.61. The highest BCUT2D eigenvalue weighted by molar-refractivity contribution is 5.42. The van der Waals surface area contributed by atoms with Crippen molar-refractivity contribution in [3.05, 3.63) is 0 Å². The van der Waals surface area contributed by atoms with Crippen LogP contribution in [0.5, 0.6) is 0 Å². The molecule has 1 aromatic rings. The van der Waals surface area contributed by atoms with Crippen LogP contribution in [0.25, 0.3) is 0 Å². The lowest BCUT2D eigenvalue weighted by atomic mass is 10.4. The lowest BCUT2D eigenvalue weighted by Gasteiger charge is -2.14. The zero-order valence-electron chi connectivity index (χ0n) is 13.0. The molecule has 138 valence electrons. The van der Waals surface area contributed by atoms with Gasteiger partial charge in [0, 0.05) is 19.6 Å². The SMILES string of the molecule is OCC(O)CNc1nc(NCC(O)CO)nc(NCC(O)CO)n1. The molecule has 0 spiro atoms. The van der Waals surface area contributed by atoms with Gasteiger partial charge < -0.3 is 46.6 Å². The van der Waals surface area contributed by atoms with E-state index >= 15 is 0 Å². The zero-order valence-corrected chi connectivity index (χ0v) is 13.0. The third-order valence-electron chi connectivity index (χ3n) is 2.76. The molecule has 0 saturated heterocycles. The van der Waals surface area contributed by atoms with E-state index in [0.29, 0.717) is 0 Å². The van der Waals surface area contributed by atoms with Crippen LogP contribution in [0, 0.1) is 0 Å². The monoisotopic (exact) mass is 348 g/mol. The summed E-state index contributed by atoms with van der Waals surface area (Å²) in [6.07, 6.45) is -2.99. The highest BCUT2D eigenvalue weighted by atomic mass is 16.3. The topological polar surface area (TPSA) is 196 Å². The lowest BCUT2D eigenvalue weighted by molar-refractivity contribution is 0.105. The van der Waals surface area contributed by atoms with E-state index in [1.54, 1.807) is 0 Å². The van der Waals surface area contributed by atoms with Crippen LogP contribution >= 0.6 is 0 Å². The van der Waals surface area contributed by atoms with Gasteiger partial charge in [-0.05, 0) is 0 Å². The second kappa shape index (κ2) is 10.9. The largest absolute Gasteiger partial charge is 0.394 e. The molecule has 1 heterocycles. The highest BCUT2D eigenvalue weighted by Crippen LogP contribution is 2.09. The first-order valence-electron chi connectivity index (χ1n) is 7.33. The molecule has 0 saturated carbocycles. The number of aliphatic hydroxyl groups excluding tert-OH is 6. The molecule has 9 N–H and O–H groups in total. The quantitative estimate of drug-likeness (QED) is 0.179. The fourth-order valence-corrected chi connectivity index (χ4v) is 1.43. The number of nitrogens with one attached hydrogen (secondary N) is 3. The summed E-state index contributed by atoms with van der Waals surface area (Å²) >= 11 is 0. The van der Waals surface area contributed by atoms with E-state index in [0.717, 1.165) is 0 Å². The van der Waals surface area contributed by atoms with Gasteiger partial charge in [0.15, 0.2) is 0 Å². The standard InChI is InChI=1S/C12H24N6O6/c19-4-7(22)1-13-10-16-11(14-2-8(23)5-20)18-12(17-10)15-3-9(24)6-21/h7-9,19-24H,1-6H2,(H3,13,14,15,16,17,18). The van der Waals surface area contributed by atoms with Gasteiger partial charge in [0.05, 0.1) is 38.1 Å². The van der Waals surface area contributed by atoms with Gasteiger partial charge in [-0.25, -0.2) is 0 Å². The van der Waals surface area contributed by atoms with Gasteiger partial charge in [0.2, 0.25) is 17.8 Å². The highest BCUT2D eigenvalue weighted by Gasteiger charge is 2.11. The van der Waals surface area contributed by atoms with Crippen LogP contribution in [-0.4, -0.2) is 103 Å². The number of nitrogens with zero attached hydrogens (tertiary/aromatic N) is 3. The molecule has 3 atom stereocenters. The summed E-state index contributed by atoms with van der Waals surface area (Å²) in [7, 11) is 0. The molecule has 0 aliphatic carbocycles. The first-order chi connectivity index (χ1) is 11.5. The molecule has 24 heavy (non-hydrogen) atoms. The maximum atomic E-state index is 9.34. The minimum absolute atomic E-state index is 0.00206. The fraction of sp³-hybridized carbons (Fsp3) is 0.750. The molecule has 0 bridgehead atoms. The molecule has 0 aromatic carbocycles. The summed E-state index contributed by atoms with van der Waals surface area (Å²) in [4.78, 5) is 12.0. The van der Waals surface area contributed by atoms with Crippen molar-refractivity contribution in [2.75, 3.05) is 55.4 Å².